The fourth-order valence-electron chi connectivity index (χ4n) is 2.16. The van der Waals surface area contributed by atoms with E-state index in [-0.39, 0.29) is 23.5 Å². The lowest BCUT2D eigenvalue weighted by molar-refractivity contribution is 0.0723. The van der Waals surface area contributed by atoms with Crippen LogP contribution in [0.3, 0.4) is 0 Å². The summed E-state index contributed by atoms with van der Waals surface area (Å²) >= 11 is 1.25. The van der Waals surface area contributed by atoms with E-state index in [1.807, 2.05) is 20.8 Å². The average Bonchev–Trinajstić information content (AvgIpc) is 2.68. The maximum Gasteiger partial charge on any atom is 0.266 e. The van der Waals surface area contributed by atoms with Crippen LogP contribution in [-0.2, 0) is 0 Å². The Hall–Kier alpha value is -1.62. The van der Waals surface area contributed by atoms with Crippen molar-refractivity contribution in [3.63, 3.8) is 0 Å². The van der Waals surface area contributed by atoms with Gasteiger partial charge in [0.1, 0.15) is 10.7 Å². The summed E-state index contributed by atoms with van der Waals surface area (Å²) in [6.07, 6.45) is 0. The first-order valence-corrected chi connectivity index (χ1v) is 7.06. The number of thiophene rings is 1. The average molecular weight is 280 g/mol. The van der Waals surface area contributed by atoms with Crippen molar-refractivity contribution in [1.82, 2.24) is 4.90 Å². The van der Waals surface area contributed by atoms with E-state index < -0.39 is 0 Å². The van der Waals surface area contributed by atoms with Crippen molar-refractivity contribution in [2.24, 2.45) is 0 Å². The van der Waals surface area contributed by atoms with Gasteiger partial charge in [0, 0.05) is 17.3 Å². The van der Waals surface area contributed by atoms with Crippen LogP contribution < -0.4 is 5.73 Å². The number of hydrogen-bond donors (Lipinski definition) is 1. The van der Waals surface area contributed by atoms with Crippen LogP contribution in [0, 0.1) is 5.82 Å². The van der Waals surface area contributed by atoms with Gasteiger partial charge < -0.3 is 10.6 Å². The van der Waals surface area contributed by atoms with Crippen LogP contribution in [-0.4, -0.2) is 23.4 Å². The smallest absolute Gasteiger partial charge is 0.266 e. The highest BCUT2D eigenvalue weighted by Gasteiger charge is 2.23. The first-order valence-electron chi connectivity index (χ1n) is 6.24. The van der Waals surface area contributed by atoms with Gasteiger partial charge in [0.15, 0.2) is 0 Å². The van der Waals surface area contributed by atoms with E-state index in [1.54, 1.807) is 17.0 Å². The lowest BCUT2D eigenvalue weighted by Gasteiger charge is -2.24. The minimum atomic E-state index is -0.377. The van der Waals surface area contributed by atoms with Crippen molar-refractivity contribution in [2.75, 3.05) is 12.3 Å². The van der Waals surface area contributed by atoms with Crippen LogP contribution in [0.5, 0.6) is 0 Å². The van der Waals surface area contributed by atoms with Crippen molar-refractivity contribution in [3.05, 3.63) is 28.9 Å². The van der Waals surface area contributed by atoms with Crippen molar-refractivity contribution < 1.29 is 9.18 Å². The number of halogens is 1. The Labute approximate surface area is 115 Å². The normalized spacial score (nSPS) is 11.2. The van der Waals surface area contributed by atoms with Gasteiger partial charge in [-0.3, -0.25) is 4.79 Å². The maximum absolute atomic E-state index is 13.8. The molecule has 0 aliphatic rings. The molecule has 5 heteroatoms. The van der Waals surface area contributed by atoms with Gasteiger partial charge in [-0.05, 0) is 32.9 Å². The minimum absolute atomic E-state index is 0.0898. The molecule has 0 saturated carbocycles. The molecule has 1 aromatic carbocycles. The molecule has 2 aromatic rings. The van der Waals surface area contributed by atoms with Gasteiger partial charge >= 0.3 is 0 Å². The molecule has 0 unspecified atom stereocenters. The second-order valence-corrected chi connectivity index (χ2v) is 5.69. The van der Waals surface area contributed by atoms with E-state index in [0.29, 0.717) is 21.5 Å². The fourth-order valence-corrected chi connectivity index (χ4v) is 3.25. The first-order chi connectivity index (χ1) is 8.97. The Balaban J connectivity index is 2.55. The van der Waals surface area contributed by atoms with E-state index in [2.05, 4.69) is 0 Å². The highest BCUT2D eigenvalue weighted by molar-refractivity contribution is 7.21. The predicted octanol–water partition coefficient (Wildman–Crippen LogP) is 3.49. The molecule has 0 aliphatic carbocycles. The molecule has 1 amide bonds. The van der Waals surface area contributed by atoms with E-state index >= 15 is 0 Å². The third kappa shape index (κ3) is 2.30. The maximum atomic E-state index is 13.8. The third-order valence-corrected chi connectivity index (χ3v) is 4.28. The molecule has 0 aliphatic heterocycles. The molecule has 0 bridgehead atoms. The van der Waals surface area contributed by atoms with Crippen molar-refractivity contribution in [2.45, 2.75) is 26.8 Å². The standard InChI is InChI=1S/C14H17FN2OS/c1-4-17(8(2)3)14(18)13-12(16)11-9(15)6-5-7-10(11)19-13/h5-8H,4,16H2,1-3H3. The van der Waals surface area contributed by atoms with Gasteiger partial charge in [0.25, 0.3) is 5.91 Å². The Morgan fingerprint density at radius 1 is 1.47 bits per heavy atom. The Morgan fingerprint density at radius 3 is 2.68 bits per heavy atom. The summed E-state index contributed by atoms with van der Waals surface area (Å²) in [6, 6.07) is 4.86. The number of nitrogen functional groups attached to an aromatic ring is 1. The topological polar surface area (TPSA) is 46.3 Å². The highest BCUT2D eigenvalue weighted by atomic mass is 32.1. The molecule has 102 valence electrons. The van der Waals surface area contributed by atoms with E-state index in [9.17, 15) is 9.18 Å². The predicted molar refractivity (Wildman–Crippen MR) is 78.0 cm³/mol. The summed E-state index contributed by atoms with van der Waals surface area (Å²) in [5.74, 6) is -0.506. The van der Waals surface area contributed by atoms with Gasteiger partial charge in [-0.1, -0.05) is 6.07 Å². The number of anilines is 1. The van der Waals surface area contributed by atoms with E-state index in [4.69, 9.17) is 5.73 Å². The highest BCUT2D eigenvalue weighted by Crippen LogP contribution is 2.36. The summed E-state index contributed by atoms with van der Waals surface area (Å²) in [7, 11) is 0. The molecule has 0 atom stereocenters. The van der Waals surface area contributed by atoms with Crippen molar-refractivity contribution >= 4 is 33.0 Å². The molecule has 2 rings (SSSR count). The van der Waals surface area contributed by atoms with Crippen molar-refractivity contribution in [3.8, 4) is 0 Å². The molecule has 0 saturated heterocycles. The Bertz CT molecular complexity index is 621. The number of nitrogens with zero attached hydrogens (tertiary/aromatic N) is 1. The number of rotatable bonds is 3. The molecular formula is C14H17FN2OS. The zero-order valence-corrected chi connectivity index (χ0v) is 12.1. The van der Waals surface area contributed by atoms with Gasteiger partial charge in [-0.2, -0.15) is 0 Å². The number of carbonyl (C=O) groups excluding carboxylic acids is 1. The summed E-state index contributed by atoms with van der Waals surface area (Å²) in [6.45, 7) is 6.42. The molecule has 3 nitrogen and oxygen atoms in total. The lowest BCUT2D eigenvalue weighted by Crippen LogP contribution is -2.36. The van der Waals surface area contributed by atoms with Crippen LogP contribution in [0.1, 0.15) is 30.4 Å². The zero-order valence-electron chi connectivity index (χ0n) is 11.2. The molecular weight excluding hydrogens is 263 g/mol. The summed E-state index contributed by atoms with van der Waals surface area (Å²) < 4.78 is 14.5. The third-order valence-electron chi connectivity index (χ3n) is 3.12. The van der Waals surface area contributed by atoms with Crippen LogP contribution in [0.2, 0.25) is 0 Å². The summed E-state index contributed by atoms with van der Waals surface area (Å²) in [4.78, 5) is 14.6. The van der Waals surface area contributed by atoms with Crippen LogP contribution >= 0.6 is 11.3 Å². The molecule has 0 fully saturated rings. The van der Waals surface area contributed by atoms with E-state index in [0.717, 1.165) is 0 Å². The summed E-state index contributed by atoms with van der Waals surface area (Å²) in [5, 5.41) is 0.357. The zero-order chi connectivity index (χ0) is 14.2. The number of hydrogen-bond acceptors (Lipinski definition) is 3. The Morgan fingerprint density at radius 2 is 2.16 bits per heavy atom. The quantitative estimate of drug-likeness (QED) is 0.935. The molecule has 2 N–H and O–H groups in total. The molecule has 1 heterocycles. The van der Waals surface area contributed by atoms with Crippen LogP contribution in [0.25, 0.3) is 10.1 Å². The second-order valence-electron chi connectivity index (χ2n) is 4.64. The van der Waals surface area contributed by atoms with Gasteiger partial charge in [0.05, 0.1) is 11.1 Å². The molecule has 0 radical (unpaired) electrons. The molecule has 1 aromatic heterocycles. The molecule has 0 spiro atoms. The lowest BCUT2D eigenvalue weighted by atomic mass is 10.2. The molecule has 19 heavy (non-hydrogen) atoms. The van der Waals surface area contributed by atoms with Gasteiger partial charge in [0.2, 0.25) is 0 Å². The number of fused-ring (bicyclic) bond motifs is 1. The largest absolute Gasteiger partial charge is 0.397 e. The number of nitrogens with two attached hydrogens (primary N) is 1. The minimum Gasteiger partial charge on any atom is -0.397 e. The number of carbonyl (C=O) groups is 1. The first kappa shape index (κ1) is 13.8. The van der Waals surface area contributed by atoms with Crippen LogP contribution in [0.15, 0.2) is 18.2 Å². The van der Waals surface area contributed by atoms with Crippen LogP contribution in [0.4, 0.5) is 10.1 Å². The van der Waals surface area contributed by atoms with Gasteiger partial charge in [-0.25, -0.2) is 4.39 Å². The Kier molecular flexibility index (Phi) is 3.75. The van der Waals surface area contributed by atoms with Crippen molar-refractivity contribution in [1.29, 1.82) is 0 Å². The number of amides is 1. The van der Waals surface area contributed by atoms with E-state index in [1.165, 1.54) is 17.4 Å². The monoisotopic (exact) mass is 280 g/mol. The number of benzene rings is 1. The summed E-state index contributed by atoms with van der Waals surface area (Å²) in [5.41, 5.74) is 6.21. The SMILES string of the molecule is CCN(C(=O)c1sc2cccc(F)c2c1N)C(C)C. The van der Waals surface area contributed by atoms with Gasteiger partial charge in [-0.15, -0.1) is 11.3 Å². The second kappa shape index (κ2) is 5.17. The fraction of sp³-hybridized carbons (Fsp3) is 0.357.